The van der Waals surface area contributed by atoms with Gasteiger partial charge in [0, 0.05) is 16.4 Å². The fourth-order valence-corrected chi connectivity index (χ4v) is 3.98. The van der Waals surface area contributed by atoms with Crippen molar-refractivity contribution in [3.63, 3.8) is 0 Å². The van der Waals surface area contributed by atoms with Crippen LogP contribution in [0.4, 0.5) is 0 Å². The first-order chi connectivity index (χ1) is 9.97. The van der Waals surface area contributed by atoms with Gasteiger partial charge in [-0.2, -0.15) is 0 Å². The van der Waals surface area contributed by atoms with Gasteiger partial charge in [0.05, 0.1) is 0 Å². The molecule has 5 heteroatoms. The molecule has 1 spiro atoms. The molecule has 21 heavy (non-hydrogen) atoms. The minimum absolute atomic E-state index is 0.568. The Labute approximate surface area is 138 Å². The second kappa shape index (κ2) is 5.52. The second-order valence-electron chi connectivity index (χ2n) is 6.01. The highest BCUT2D eigenvalue weighted by atomic mass is 127. The third kappa shape index (κ3) is 2.59. The van der Waals surface area contributed by atoms with E-state index in [9.17, 15) is 9.90 Å². The van der Waals surface area contributed by atoms with Crippen molar-refractivity contribution in [2.75, 3.05) is 0 Å². The van der Waals surface area contributed by atoms with Gasteiger partial charge >= 0.3 is 5.97 Å². The summed E-state index contributed by atoms with van der Waals surface area (Å²) in [4.78, 5) is 11.8. The number of aliphatic carboxylic acids is 1. The number of rotatable bonds is 2. The number of carboxylic acid groups (broad SMARTS) is 1. The van der Waals surface area contributed by atoms with Gasteiger partial charge in [0.15, 0.2) is 11.4 Å². The van der Waals surface area contributed by atoms with Gasteiger partial charge in [-0.1, -0.05) is 24.6 Å². The highest BCUT2D eigenvalue weighted by Gasteiger charge is 2.59. The van der Waals surface area contributed by atoms with Crippen LogP contribution in [-0.2, 0) is 14.3 Å². The van der Waals surface area contributed by atoms with Crippen molar-refractivity contribution in [3.05, 3.63) is 33.4 Å². The first-order valence-electron chi connectivity index (χ1n) is 7.33. The lowest BCUT2D eigenvalue weighted by Crippen LogP contribution is -2.42. The van der Waals surface area contributed by atoms with E-state index in [0.717, 1.165) is 41.2 Å². The topological polar surface area (TPSA) is 55.8 Å². The van der Waals surface area contributed by atoms with Crippen LogP contribution in [0, 0.1) is 3.57 Å². The zero-order valence-corrected chi connectivity index (χ0v) is 14.1. The van der Waals surface area contributed by atoms with Gasteiger partial charge in [-0.15, -0.1) is 0 Å². The number of halogens is 1. The van der Waals surface area contributed by atoms with Crippen LogP contribution in [0.2, 0.25) is 0 Å². The van der Waals surface area contributed by atoms with Crippen LogP contribution >= 0.6 is 22.6 Å². The van der Waals surface area contributed by atoms with Crippen molar-refractivity contribution in [1.82, 2.24) is 0 Å². The Morgan fingerprint density at radius 1 is 1.29 bits per heavy atom. The van der Waals surface area contributed by atoms with Crippen LogP contribution in [0.15, 0.2) is 24.3 Å². The van der Waals surface area contributed by atoms with E-state index in [-0.39, 0.29) is 0 Å². The molecule has 2 fully saturated rings. The Morgan fingerprint density at radius 2 is 1.95 bits per heavy atom. The summed E-state index contributed by atoms with van der Waals surface area (Å²) in [5, 5.41) is 9.70. The van der Waals surface area contributed by atoms with E-state index in [2.05, 4.69) is 22.6 Å². The summed E-state index contributed by atoms with van der Waals surface area (Å²) in [6.45, 7) is 1.63. The van der Waals surface area contributed by atoms with Crippen LogP contribution < -0.4 is 0 Å². The Morgan fingerprint density at radius 3 is 2.57 bits per heavy atom. The van der Waals surface area contributed by atoms with Crippen molar-refractivity contribution < 1.29 is 19.4 Å². The molecule has 1 aliphatic carbocycles. The van der Waals surface area contributed by atoms with Gasteiger partial charge in [0.2, 0.25) is 0 Å². The smallest absolute Gasteiger partial charge is 0.338 e. The van der Waals surface area contributed by atoms with Crippen LogP contribution in [-0.4, -0.2) is 22.5 Å². The average molecular weight is 402 g/mol. The summed E-state index contributed by atoms with van der Waals surface area (Å²) < 4.78 is 13.3. The van der Waals surface area contributed by atoms with Crippen molar-refractivity contribution in [1.29, 1.82) is 0 Å². The number of hydrogen-bond donors (Lipinski definition) is 1. The molecule has 1 aliphatic heterocycles. The molecule has 1 N–H and O–H groups in total. The summed E-state index contributed by atoms with van der Waals surface area (Å²) >= 11 is 2.22. The van der Waals surface area contributed by atoms with Gasteiger partial charge in [0.1, 0.15) is 6.10 Å². The maximum Gasteiger partial charge on any atom is 0.338 e. The minimum Gasteiger partial charge on any atom is -0.479 e. The zero-order valence-electron chi connectivity index (χ0n) is 12.0. The molecule has 0 bridgehead atoms. The highest BCUT2D eigenvalue weighted by Crippen LogP contribution is 2.51. The average Bonchev–Trinajstić information content (AvgIpc) is 2.74. The summed E-state index contributed by atoms with van der Waals surface area (Å²) in [6.07, 6.45) is 4.18. The third-order valence-electron chi connectivity index (χ3n) is 4.46. The molecule has 0 radical (unpaired) electrons. The lowest BCUT2D eigenvalue weighted by atomic mass is 9.93. The molecule has 1 heterocycles. The molecule has 0 unspecified atom stereocenters. The summed E-state index contributed by atoms with van der Waals surface area (Å²) in [5.41, 5.74) is -0.441. The van der Waals surface area contributed by atoms with E-state index in [0.29, 0.717) is 0 Å². The Hall–Kier alpha value is -0.660. The van der Waals surface area contributed by atoms with E-state index < -0.39 is 23.5 Å². The molecule has 4 nitrogen and oxygen atoms in total. The lowest BCUT2D eigenvalue weighted by Gasteiger charge is -2.32. The first kappa shape index (κ1) is 15.2. The van der Waals surface area contributed by atoms with Crippen LogP contribution in [0.5, 0.6) is 0 Å². The molecular weight excluding hydrogens is 383 g/mol. The summed E-state index contributed by atoms with van der Waals surface area (Å²) in [6, 6.07) is 7.75. The molecule has 3 rings (SSSR count). The predicted octanol–water partition coefficient (Wildman–Crippen LogP) is 3.88. The number of hydrogen-bond acceptors (Lipinski definition) is 3. The number of carboxylic acids is 1. The molecule has 1 aromatic rings. The second-order valence-corrected chi connectivity index (χ2v) is 7.17. The lowest BCUT2D eigenvalue weighted by molar-refractivity contribution is -0.211. The van der Waals surface area contributed by atoms with Crippen LogP contribution in [0.1, 0.15) is 50.7 Å². The van der Waals surface area contributed by atoms with Gasteiger partial charge < -0.3 is 14.6 Å². The van der Waals surface area contributed by atoms with Gasteiger partial charge in [-0.05, 0) is 54.0 Å². The SMILES string of the molecule is C[C@@]1(C(=O)O)OC2(CCCCC2)O[C@H]1c1ccccc1I. The van der Waals surface area contributed by atoms with E-state index >= 15 is 0 Å². The molecule has 2 aliphatic rings. The van der Waals surface area contributed by atoms with Crippen LogP contribution in [0.25, 0.3) is 0 Å². The maximum atomic E-state index is 11.8. The molecule has 114 valence electrons. The summed E-state index contributed by atoms with van der Waals surface area (Å²) in [7, 11) is 0. The maximum absolute atomic E-state index is 11.8. The largest absolute Gasteiger partial charge is 0.479 e. The Bertz CT molecular complexity index is 553. The zero-order chi connectivity index (χ0) is 15.1. The molecule has 1 saturated carbocycles. The van der Waals surface area contributed by atoms with Crippen molar-refractivity contribution in [2.24, 2.45) is 0 Å². The van der Waals surface area contributed by atoms with Gasteiger partial charge in [-0.3, -0.25) is 0 Å². The number of carbonyl (C=O) groups is 1. The normalized spacial score (nSPS) is 31.4. The van der Waals surface area contributed by atoms with Crippen molar-refractivity contribution in [2.45, 2.75) is 56.5 Å². The fraction of sp³-hybridized carbons (Fsp3) is 0.562. The van der Waals surface area contributed by atoms with Crippen molar-refractivity contribution >= 4 is 28.6 Å². The number of benzene rings is 1. The predicted molar refractivity (Wildman–Crippen MR) is 85.9 cm³/mol. The minimum atomic E-state index is -1.33. The molecule has 1 aromatic carbocycles. The monoisotopic (exact) mass is 402 g/mol. The van der Waals surface area contributed by atoms with E-state index in [1.807, 2.05) is 24.3 Å². The summed E-state index contributed by atoms with van der Waals surface area (Å²) in [5.74, 6) is -1.69. The fourth-order valence-electron chi connectivity index (χ4n) is 3.31. The van der Waals surface area contributed by atoms with E-state index in [4.69, 9.17) is 9.47 Å². The Balaban J connectivity index is 2.01. The Kier molecular flexibility index (Phi) is 4.00. The third-order valence-corrected chi connectivity index (χ3v) is 5.44. The number of ether oxygens (including phenoxy) is 2. The molecule has 2 atom stereocenters. The molecule has 1 saturated heterocycles. The van der Waals surface area contributed by atoms with Gasteiger partial charge in [0.25, 0.3) is 0 Å². The van der Waals surface area contributed by atoms with Crippen LogP contribution in [0.3, 0.4) is 0 Å². The van der Waals surface area contributed by atoms with Crippen molar-refractivity contribution in [3.8, 4) is 0 Å². The molecule has 0 amide bonds. The van der Waals surface area contributed by atoms with Gasteiger partial charge in [-0.25, -0.2) is 4.79 Å². The van der Waals surface area contributed by atoms with E-state index in [1.165, 1.54) is 0 Å². The molecular formula is C16H19IO4. The highest BCUT2D eigenvalue weighted by molar-refractivity contribution is 14.1. The quantitative estimate of drug-likeness (QED) is 0.763. The standard InChI is InChI=1S/C16H19IO4/c1-15(14(18)19)13(11-7-3-4-8-12(11)17)20-16(21-15)9-5-2-6-10-16/h3-4,7-8,13H,2,5-6,9-10H2,1H3,(H,18,19)/t13-,15+/m0/s1. The molecule has 0 aromatic heterocycles. The van der Waals surface area contributed by atoms with E-state index in [1.54, 1.807) is 6.92 Å². The first-order valence-corrected chi connectivity index (χ1v) is 8.41.